The van der Waals surface area contributed by atoms with Gasteiger partial charge in [-0.3, -0.25) is 0 Å². The smallest absolute Gasteiger partial charge is 0.178 e. The fraction of sp³-hybridized carbons (Fsp3) is 1.00. The maximum atomic E-state index is 11.2. The average molecular weight is 349 g/mol. The standard InChI is InChI=1S/C4H6Br2Cl2O2S/c5-3(1-7)11(9,10)4(6)2-8/h3-4H,1-2H2/t3-,4+. The van der Waals surface area contributed by atoms with E-state index >= 15 is 0 Å². The van der Waals surface area contributed by atoms with Gasteiger partial charge in [-0.2, -0.15) is 0 Å². The number of hydrogen-bond donors (Lipinski definition) is 0. The van der Waals surface area contributed by atoms with Crippen molar-refractivity contribution in [2.45, 2.75) is 8.32 Å². The zero-order valence-corrected chi connectivity index (χ0v) is 10.8. The van der Waals surface area contributed by atoms with Crippen molar-refractivity contribution in [1.29, 1.82) is 0 Å². The number of hydrogen-bond acceptors (Lipinski definition) is 2. The molecule has 2 atom stereocenters. The molecule has 0 aliphatic rings. The molecule has 11 heavy (non-hydrogen) atoms. The van der Waals surface area contributed by atoms with Gasteiger partial charge in [-0.25, -0.2) is 8.42 Å². The Kier molecular flexibility index (Phi) is 5.98. The molecule has 0 amide bonds. The van der Waals surface area contributed by atoms with Crippen LogP contribution in [0.25, 0.3) is 0 Å². The summed E-state index contributed by atoms with van der Waals surface area (Å²) in [5.74, 6) is 0.0304. The summed E-state index contributed by atoms with van der Waals surface area (Å²) in [5, 5.41) is 0. The van der Waals surface area contributed by atoms with Crippen molar-refractivity contribution < 1.29 is 8.42 Å². The van der Waals surface area contributed by atoms with Gasteiger partial charge in [-0.15, -0.1) is 23.2 Å². The van der Waals surface area contributed by atoms with Crippen LogP contribution in [0.5, 0.6) is 0 Å². The summed E-state index contributed by atoms with van der Waals surface area (Å²) in [6.07, 6.45) is 0. The fourth-order valence-electron chi connectivity index (χ4n) is 0.336. The minimum atomic E-state index is -3.27. The third-order valence-electron chi connectivity index (χ3n) is 0.956. The van der Waals surface area contributed by atoms with Gasteiger partial charge in [0.05, 0.1) is 0 Å². The van der Waals surface area contributed by atoms with E-state index in [0.717, 1.165) is 0 Å². The predicted molar refractivity (Wildman–Crippen MR) is 55.8 cm³/mol. The van der Waals surface area contributed by atoms with Crippen molar-refractivity contribution in [2.75, 3.05) is 11.8 Å². The molecule has 0 saturated heterocycles. The minimum Gasteiger partial charge on any atom is -0.226 e. The number of halogens is 4. The van der Waals surface area contributed by atoms with Gasteiger partial charge in [0.25, 0.3) is 0 Å². The van der Waals surface area contributed by atoms with E-state index in [-0.39, 0.29) is 11.8 Å². The molecule has 2 nitrogen and oxygen atoms in total. The first kappa shape index (κ1) is 12.5. The average Bonchev–Trinajstić information content (AvgIpc) is 2.01. The monoisotopic (exact) mass is 346 g/mol. The molecule has 0 spiro atoms. The normalized spacial score (nSPS) is 17.8. The molecule has 0 aliphatic heterocycles. The molecule has 0 aromatic rings. The van der Waals surface area contributed by atoms with Gasteiger partial charge in [0, 0.05) is 11.8 Å². The second-order valence-corrected chi connectivity index (χ2v) is 8.07. The van der Waals surface area contributed by atoms with Crippen LogP contribution in [0.1, 0.15) is 0 Å². The van der Waals surface area contributed by atoms with Crippen LogP contribution in [0, 0.1) is 0 Å². The highest BCUT2D eigenvalue weighted by atomic mass is 79.9. The Bertz CT molecular complexity index is 190. The van der Waals surface area contributed by atoms with E-state index in [1.165, 1.54) is 0 Å². The van der Waals surface area contributed by atoms with Crippen molar-refractivity contribution in [2.24, 2.45) is 0 Å². The molecule has 0 aliphatic carbocycles. The van der Waals surface area contributed by atoms with Crippen LogP contribution >= 0.6 is 55.1 Å². The van der Waals surface area contributed by atoms with Crippen molar-refractivity contribution in [3.05, 3.63) is 0 Å². The van der Waals surface area contributed by atoms with Gasteiger partial charge in [0.2, 0.25) is 0 Å². The lowest BCUT2D eigenvalue weighted by atomic mass is 10.9. The third kappa shape index (κ3) is 3.38. The van der Waals surface area contributed by atoms with Crippen LogP contribution in [0.3, 0.4) is 0 Å². The highest BCUT2D eigenvalue weighted by Gasteiger charge is 2.29. The summed E-state index contributed by atoms with van der Waals surface area (Å²) < 4.78 is 21.0. The first-order valence-electron chi connectivity index (χ1n) is 2.59. The van der Waals surface area contributed by atoms with Crippen LogP contribution in [-0.4, -0.2) is 28.5 Å². The highest BCUT2D eigenvalue weighted by Crippen LogP contribution is 2.21. The maximum absolute atomic E-state index is 11.2. The Morgan fingerprint density at radius 2 is 1.36 bits per heavy atom. The van der Waals surface area contributed by atoms with Crippen molar-refractivity contribution in [1.82, 2.24) is 0 Å². The molecular weight excluding hydrogens is 343 g/mol. The first-order valence-corrected chi connectivity index (χ1v) is 7.10. The van der Waals surface area contributed by atoms with Gasteiger partial charge < -0.3 is 0 Å². The van der Waals surface area contributed by atoms with Crippen molar-refractivity contribution in [3.8, 4) is 0 Å². The lowest BCUT2D eigenvalue weighted by Gasteiger charge is -2.11. The van der Waals surface area contributed by atoms with Gasteiger partial charge in [0.15, 0.2) is 9.84 Å². The number of alkyl halides is 4. The molecule has 0 fully saturated rings. The second-order valence-electron chi connectivity index (χ2n) is 1.72. The quantitative estimate of drug-likeness (QED) is 0.731. The molecule has 0 radical (unpaired) electrons. The summed E-state index contributed by atoms with van der Waals surface area (Å²) in [4.78, 5) is 0. The molecule has 7 heteroatoms. The van der Waals surface area contributed by atoms with E-state index in [9.17, 15) is 8.42 Å². The van der Waals surface area contributed by atoms with E-state index in [4.69, 9.17) is 23.2 Å². The van der Waals surface area contributed by atoms with E-state index in [2.05, 4.69) is 31.9 Å². The summed E-state index contributed by atoms with van der Waals surface area (Å²) in [5.41, 5.74) is 0. The van der Waals surface area contributed by atoms with Gasteiger partial charge in [-0.05, 0) is 0 Å². The van der Waals surface area contributed by atoms with E-state index in [1.54, 1.807) is 0 Å². The molecule has 0 N–H and O–H groups in total. The molecule has 0 bridgehead atoms. The number of rotatable bonds is 4. The minimum absolute atomic E-state index is 0.0152. The second kappa shape index (κ2) is 5.27. The lowest BCUT2D eigenvalue weighted by Crippen LogP contribution is -2.26. The van der Waals surface area contributed by atoms with E-state index in [1.807, 2.05) is 0 Å². The molecule has 0 heterocycles. The Balaban J connectivity index is 4.46. The van der Waals surface area contributed by atoms with Crippen LogP contribution < -0.4 is 0 Å². The lowest BCUT2D eigenvalue weighted by molar-refractivity contribution is 0.595. The maximum Gasteiger partial charge on any atom is 0.178 e. The Hall–Kier alpha value is 1.49. The largest absolute Gasteiger partial charge is 0.226 e. The topological polar surface area (TPSA) is 34.1 Å². The zero-order chi connectivity index (χ0) is 9.07. The third-order valence-corrected chi connectivity index (χ3v) is 8.22. The van der Waals surface area contributed by atoms with Crippen LogP contribution in [-0.2, 0) is 9.84 Å². The molecule has 0 aromatic heterocycles. The molecule has 0 aromatic carbocycles. The van der Waals surface area contributed by atoms with Crippen LogP contribution in [0.15, 0.2) is 0 Å². The van der Waals surface area contributed by atoms with Gasteiger partial charge in [0.1, 0.15) is 8.32 Å². The van der Waals surface area contributed by atoms with Crippen molar-refractivity contribution >= 4 is 64.9 Å². The van der Waals surface area contributed by atoms with E-state index < -0.39 is 18.2 Å². The SMILES string of the molecule is O=S(=O)([C@H](Br)CCl)[C@@H](Br)CCl. The van der Waals surface area contributed by atoms with Gasteiger partial charge >= 0.3 is 0 Å². The Morgan fingerprint density at radius 1 is 1.09 bits per heavy atom. The molecular formula is C4H6Br2Cl2O2S. The molecule has 0 saturated carbocycles. The summed E-state index contributed by atoms with van der Waals surface area (Å²) in [6.45, 7) is 0. The number of sulfone groups is 1. The molecule has 0 unspecified atom stereocenters. The first-order chi connectivity index (χ1) is 4.96. The summed E-state index contributed by atoms with van der Waals surface area (Å²) in [6, 6.07) is 0. The zero-order valence-electron chi connectivity index (χ0n) is 5.31. The summed E-state index contributed by atoms with van der Waals surface area (Å²) >= 11 is 16.6. The van der Waals surface area contributed by atoms with Gasteiger partial charge in [-0.1, -0.05) is 31.9 Å². The van der Waals surface area contributed by atoms with Crippen LogP contribution in [0.2, 0.25) is 0 Å². The van der Waals surface area contributed by atoms with Crippen molar-refractivity contribution in [3.63, 3.8) is 0 Å². The fourth-order valence-corrected chi connectivity index (χ4v) is 4.49. The highest BCUT2D eigenvalue weighted by molar-refractivity contribution is 9.13. The molecule has 68 valence electrons. The predicted octanol–water partition coefficient (Wildman–Crippen LogP) is 2.32. The Morgan fingerprint density at radius 3 is 1.55 bits per heavy atom. The molecule has 0 rings (SSSR count). The Labute approximate surface area is 92.8 Å². The van der Waals surface area contributed by atoms with Crippen LogP contribution in [0.4, 0.5) is 0 Å². The van der Waals surface area contributed by atoms with E-state index in [0.29, 0.717) is 0 Å². The summed E-state index contributed by atoms with van der Waals surface area (Å²) in [7, 11) is -3.27.